The Morgan fingerprint density at radius 2 is 1.86 bits per heavy atom. The Balaban J connectivity index is 1.95. The van der Waals surface area contributed by atoms with Crippen molar-refractivity contribution in [1.29, 1.82) is 0 Å². The number of ether oxygens (including phenoxy) is 1. The number of nitro benzene ring substituents is 1. The Hall–Kier alpha value is -2.89. The van der Waals surface area contributed by atoms with Crippen LogP contribution in [-0.4, -0.2) is 17.4 Å². The van der Waals surface area contributed by atoms with E-state index in [4.69, 9.17) is 4.74 Å². The Kier molecular flexibility index (Phi) is 4.73. The van der Waals surface area contributed by atoms with E-state index >= 15 is 0 Å². The molecule has 0 aliphatic heterocycles. The molecule has 1 N–H and O–H groups in total. The summed E-state index contributed by atoms with van der Waals surface area (Å²) < 4.78 is 5.27. The van der Waals surface area contributed by atoms with E-state index in [2.05, 4.69) is 5.32 Å². The molecule has 6 heteroatoms. The number of benzene rings is 2. The van der Waals surface area contributed by atoms with E-state index in [9.17, 15) is 14.9 Å². The summed E-state index contributed by atoms with van der Waals surface area (Å²) in [5.74, 6) is -0.0405. The first-order valence-electron chi connectivity index (χ1n) is 6.69. The molecule has 0 heterocycles. The topological polar surface area (TPSA) is 81.5 Å². The van der Waals surface area contributed by atoms with Crippen LogP contribution in [0.4, 0.5) is 11.4 Å². The van der Waals surface area contributed by atoms with Crippen molar-refractivity contribution in [2.24, 2.45) is 0 Å². The number of nitro groups is 1. The van der Waals surface area contributed by atoms with Crippen molar-refractivity contribution in [2.75, 3.05) is 11.9 Å². The van der Waals surface area contributed by atoms with Gasteiger partial charge in [-0.25, -0.2) is 0 Å². The van der Waals surface area contributed by atoms with Crippen molar-refractivity contribution in [3.63, 3.8) is 0 Å². The summed E-state index contributed by atoms with van der Waals surface area (Å²) in [6, 6.07) is 11.4. The van der Waals surface area contributed by atoms with E-state index in [1.54, 1.807) is 6.07 Å². The maximum absolute atomic E-state index is 11.9. The fourth-order valence-electron chi connectivity index (χ4n) is 2.08. The standard InChI is InChI=1S/C16H16N2O4/c1-11-6-12(2)8-13(7-11)17-16(19)10-22-15-5-3-4-14(9-15)18(20)21/h3-9H,10H2,1-2H3,(H,17,19). The van der Waals surface area contributed by atoms with Crippen molar-refractivity contribution < 1.29 is 14.5 Å². The van der Waals surface area contributed by atoms with Crippen LogP contribution in [0.2, 0.25) is 0 Å². The number of hydrogen-bond donors (Lipinski definition) is 1. The highest BCUT2D eigenvalue weighted by Gasteiger charge is 2.08. The Morgan fingerprint density at radius 1 is 1.18 bits per heavy atom. The Bertz CT molecular complexity index is 693. The number of anilines is 1. The predicted molar refractivity (Wildman–Crippen MR) is 83.1 cm³/mol. The molecule has 0 aromatic heterocycles. The van der Waals surface area contributed by atoms with Gasteiger partial charge in [0.1, 0.15) is 5.75 Å². The van der Waals surface area contributed by atoms with Crippen LogP contribution in [0.1, 0.15) is 11.1 Å². The number of nitrogens with one attached hydrogen (secondary N) is 1. The van der Waals surface area contributed by atoms with Crippen molar-refractivity contribution in [1.82, 2.24) is 0 Å². The SMILES string of the molecule is Cc1cc(C)cc(NC(=O)COc2cccc([N+](=O)[O-])c2)c1. The minimum atomic E-state index is -0.511. The first kappa shape index (κ1) is 15.5. The van der Waals surface area contributed by atoms with Crippen molar-refractivity contribution in [3.05, 3.63) is 63.7 Å². The summed E-state index contributed by atoms with van der Waals surface area (Å²) in [6.45, 7) is 3.68. The second kappa shape index (κ2) is 6.71. The molecule has 0 saturated heterocycles. The third-order valence-electron chi connectivity index (χ3n) is 2.90. The number of carbonyl (C=O) groups is 1. The van der Waals surface area contributed by atoms with Crippen molar-refractivity contribution in [2.45, 2.75) is 13.8 Å². The molecule has 0 atom stereocenters. The molecule has 0 bridgehead atoms. The average Bonchev–Trinajstić information content (AvgIpc) is 2.44. The zero-order chi connectivity index (χ0) is 16.1. The summed E-state index contributed by atoms with van der Waals surface area (Å²) >= 11 is 0. The van der Waals surface area contributed by atoms with Gasteiger partial charge in [-0.15, -0.1) is 0 Å². The van der Waals surface area contributed by atoms with E-state index < -0.39 is 4.92 Å². The fraction of sp³-hybridized carbons (Fsp3) is 0.188. The number of non-ortho nitro benzene ring substituents is 1. The number of carbonyl (C=O) groups excluding carboxylic acids is 1. The van der Waals surface area contributed by atoms with Gasteiger partial charge in [-0.1, -0.05) is 12.1 Å². The minimum Gasteiger partial charge on any atom is -0.484 e. The van der Waals surface area contributed by atoms with Crippen LogP contribution in [0.5, 0.6) is 5.75 Å². The van der Waals surface area contributed by atoms with Gasteiger partial charge < -0.3 is 10.1 Å². The molecular weight excluding hydrogens is 284 g/mol. The summed E-state index contributed by atoms with van der Waals surface area (Å²) in [4.78, 5) is 22.0. The largest absolute Gasteiger partial charge is 0.484 e. The van der Waals surface area contributed by atoms with Gasteiger partial charge in [0.25, 0.3) is 11.6 Å². The van der Waals surface area contributed by atoms with Crippen LogP contribution in [0.15, 0.2) is 42.5 Å². The predicted octanol–water partition coefficient (Wildman–Crippen LogP) is 3.23. The fourth-order valence-corrected chi connectivity index (χ4v) is 2.08. The molecule has 0 aliphatic rings. The van der Waals surface area contributed by atoms with Crippen LogP contribution in [0, 0.1) is 24.0 Å². The van der Waals surface area contributed by atoms with E-state index in [0.29, 0.717) is 5.69 Å². The molecule has 0 fully saturated rings. The van der Waals surface area contributed by atoms with Gasteiger partial charge in [-0.3, -0.25) is 14.9 Å². The van der Waals surface area contributed by atoms with Gasteiger partial charge in [0.15, 0.2) is 6.61 Å². The van der Waals surface area contributed by atoms with E-state index in [1.807, 2.05) is 32.0 Å². The molecule has 2 aromatic carbocycles. The molecule has 0 saturated carbocycles. The van der Waals surface area contributed by atoms with Gasteiger partial charge in [0, 0.05) is 11.8 Å². The van der Waals surface area contributed by atoms with Crippen LogP contribution < -0.4 is 10.1 Å². The van der Waals surface area contributed by atoms with Crippen LogP contribution in [0.25, 0.3) is 0 Å². The maximum atomic E-state index is 11.9. The number of nitrogens with zero attached hydrogens (tertiary/aromatic N) is 1. The molecule has 0 spiro atoms. The van der Waals surface area contributed by atoms with Crippen LogP contribution in [0.3, 0.4) is 0 Å². The van der Waals surface area contributed by atoms with Crippen LogP contribution >= 0.6 is 0 Å². The third kappa shape index (κ3) is 4.31. The first-order chi connectivity index (χ1) is 10.4. The number of amides is 1. The quantitative estimate of drug-likeness (QED) is 0.679. The lowest BCUT2D eigenvalue weighted by atomic mass is 10.1. The molecule has 0 aliphatic carbocycles. The smallest absolute Gasteiger partial charge is 0.273 e. The minimum absolute atomic E-state index is 0.0767. The molecule has 6 nitrogen and oxygen atoms in total. The van der Waals surface area contributed by atoms with Crippen molar-refractivity contribution in [3.8, 4) is 5.75 Å². The van der Waals surface area contributed by atoms with Gasteiger partial charge >= 0.3 is 0 Å². The van der Waals surface area contributed by atoms with Gasteiger partial charge in [0.05, 0.1) is 11.0 Å². The lowest BCUT2D eigenvalue weighted by Gasteiger charge is -2.09. The molecular formula is C16H16N2O4. The number of hydrogen-bond acceptors (Lipinski definition) is 4. The second-order valence-corrected chi connectivity index (χ2v) is 4.97. The molecule has 114 valence electrons. The molecule has 0 radical (unpaired) electrons. The summed E-state index contributed by atoms with van der Waals surface area (Å²) in [6.07, 6.45) is 0. The number of rotatable bonds is 5. The lowest BCUT2D eigenvalue weighted by molar-refractivity contribution is -0.384. The molecule has 22 heavy (non-hydrogen) atoms. The summed E-state index contributed by atoms with van der Waals surface area (Å²) in [5, 5.41) is 13.4. The lowest BCUT2D eigenvalue weighted by Crippen LogP contribution is -2.20. The van der Waals surface area contributed by atoms with E-state index in [-0.39, 0.29) is 24.0 Å². The Morgan fingerprint density at radius 3 is 2.50 bits per heavy atom. The molecule has 2 rings (SSSR count). The summed E-state index contributed by atoms with van der Waals surface area (Å²) in [5.41, 5.74) is 2.72. The maximum Gasteiger partial charge on any atom is 0.273 e. The molecule has 0 unspecified atom stereocenters. The first-order valence-corrected chi connectivity index (χ1v) is 6.69. The van der Waals surface area contributed by atoms with Crippen molar-refractivity contribution >= 4 is 17.3 Å². The van der Waals surface area contributed by atoms with Gasteiger partial charge in [-0.2, -0.15) is 0 Å². The zero-order valence-electron chi connectivity index (χ0n) is 12.3. The highest BCUT2D eigenvalue weighted by molar-refractivity contribution is 5.92. The normalized spacial score (nSPS) is 10.1. The molecule has 2 aromatic rings. The Labute approximate surface area is 127 Å². The van der Waals surface area contributed by atoms with Crippen LogP contribution in [-0.2, 0) is 4.79 Å². The average molecular weight is 300 g/mol. The summed E-state index contributed by atoms with van der Waals surface area (Å²) in [7, 11) is 0. The monoisotopic (exact) mass is 300 g/mol. The third-order valence-corrected chi connectivity index (χ3v) is 2.90. The van der Waals surface area contributed by atoms with E-state index in [1.165, 1.54) is 18.2 Å². The highest BCUT2D eigenvalue weighted by Crippen LogP contribution is 2.19. The zero-order valence-corrected chi connectivity index (χ0v) is 12.3. The number of aryl methyl sites for hydroxylation is 2. The molecule has 1 amide bonds. The van der Waals surface area contributed by atoms with Gasteiger partial charge in [-0.05, 0) is 43.2 Å². The van der Waals surface area contributed by atoms with Gasteiger partial charge in [0.2, 0.25) is 0 Å². The van der Waals surface area contributed by atoms with E-state index in [0.717, 1.165) is 11.1 Å². The highest BCUT2D eigenvalue weighted by atomic mass is 16.6. The second-order valence-electron chi connectivity index (χ2n) is 4.97.